The number of benzene rings is 2. The lowest BCUT2D eigenvalue weighted by molar-refractivity contribution is 0.261. The normalized spacial score (nSPS) is 17.6. The number of nitriles is 1. The first-order valence-corrected chi connectivity index (χ1v) is 9.09. The summed E-state index contributed by atoms with van der Waals surface area (Å²) in [5.41, 5.74) is 1.59. The molecule has 27 heavy (non-hydrogen) atoms. The fourth-order valence-corrected chi connectivity index (χ4v) is 3.69. The zero-order valence-corrected chi connectivity index (χ0v) is 15.2. The first-order chi connectivity index (χ1) is 13.2. The quantitative estimate of drug-likeness (QED) is 0.746. The molecule has 0 amide bonds. The maximum Gasteiger partial charge on any atom is 0.156 e. The van der Waals surface area contributed by atoms with Crippen LogP contribution in [0.4, 0.5) is 5.82 Å². The van der Waals surface area contributed by atoms with Crippen molar-refractivity contribution in [3.05, 3.63) is 48.0 Å². The van der Waals surface area contributed by atoms with Crippen molar-refractivity contribution < 1.29 is 5.11 Å². The van der Waals surface area contributed by atoms with E-state index in [2.05, 4.69) is 27.5 Å². The van der Waals surface area contributed by atoms with Crippen molar-refractivity contribution in [2.45, 2.75) is 18.9 Å². The second-order valence-electron chi connectivity index (χ2n) is 7.03. The predicted octanol–water partition coefficient (Wildman–Crippen LogP) is 3.38. The van der Waals surface area contributed by atoms with Gasteiger partial charge in [-0.3, -0.25) is 0 Å². The van der Waals surface area contributed by atoms with Gasteiger partial charge in [-0.25, -0.2) is 0 Å². The van der Waals surface area contributed by atoms with Crippen molar-refractivity contribution in [1.29, 1.82) is 5.26 Å². The van der Waals surface area contributed by atoms with Crippen molar-refractivity contribution in [1.82, 2.24) is 15.1 Å². The van der Waals surface area contributed by atoms with E-state index in [-0.39, 0.29) is 5.75 Å². The van der Waals surface area contributed by atoms with Crippen molar-refractivity contribution in [2.24, 2.45) is 0 Å². The Bertz CT molecular complexity index is 1030. The Morgan fingerprint density at radius 1 is 1.19 bits per heavy atom. The molecule has 1 aliphatic heterocycles. The molecule has 2 aromatic carbocycles. The summed E-state index contributed by atoms with van der Waals surface area (Å²) in [6, 6.07) is 15.1. The summed E-state index contributed by atoms with van der Waals surface area (Å²) in [5, 5.41) is 33.6. The van der Waals surface area contributed by atoms with Crippen LogP contribution in [0, 0.1) is 11.3 Å². The molecule has 2 heterocycles. The van der Waals surface area contributed by atoms with Crippen LogP contribution in [0.15, 0.2) is 42.5 Å². The van der Waals surface area contributed by atoms with E-state index in [4.69, 9.17) is 5.26 Å². The average molecular weight is 359 g/mol. The SMILES string of the molecule is CN1CCC[C@@H](Nc2nnc(-c3ccc(C#N)cc3O)c3ccccc23)C1. The van der Waals surface area contributed by atoms with Gasteiger partial charge in [0.1, 0.15) is 11.4 Å². The van der Waals surface area contributed by atoms with Gasteiger partial charge in [0.25, 0.3) is 0 Å². The molecule has 0 spiro atoms. The van der Waals surface area contributed by atoms with Crippen LogP contribution >= 0.6 is 0 Å². The van der Waals surface area contributed by atoms with Gasteiger partial charge in [0.2, 0.25) is 0 Å². The molecule has 1 atom stereocenters. The molecule has 6 heteroatoms. The third-order valence-corrected chi connectivity index (χ3v) is 5.03. The molecule has 1 aromatic heterocycles. The highest BCUT2D eigenvalue weighted by Gasteiger charge is 2.20. The minimum Gasteiger partial charge on any atom is -0.507 e. The number of anilines is 1. The van der Waals surface area contributed by atoms with Crippen LogP contribution in [0.1, 0.15) is 18.4 Å². The number of hydrogen-bond acceptors (Lipinski definition) is 6. The summed E-state index contributed by atoms with van der Waals surface area (Å²) in [7, 11) is 2.13. The number of nitrogens with one attached hydrogen (secondary N) is 1. The number of piperidine rings is 1. The summed E-state index contributed by atoms with van der Waals surface area (Å²) in [6.45, 7) is 2.11. The van der Waals surface area contributed by atoms with Gasteiger partial charge in [-0.1, -0.05) is 24.3 Å². The molecule has 136 valence electrons. The first kappa shape index (κ1) is 17.3. The largest absolute Gasteiger partial charge is 0.507 e. The zero-order chi connectivity index (χ0) is 18.8. The van der Waals surface area contributed by atoms with Crippen LogP contribution in [0.25, 0.3) is 22.0 Å². The standard InChI is InChI=1S/C21H21N5O/c1-26-10-4-5-15(13-26)23-21-17-7-3-2-6-16(17)20(24-25-21)18-9-8-14(12-22)11-19(18)27/h2-3,6-9,11,15,27H,4-5,10,13H2,1H3,(H,23,25)/t15-/m1/s1. The average Bonchev–Trinajstić information content (AvgIpc) is 2.68. The summed E-state index contributed by atoms with van der Waals surface area (Å²) in [4.78, 5) is 2.32. The minimum absolute atomic E-state index is 0.0307. The van der Waals surface area contributed by atoms with E-state index < -0.39 is 0 Å². The third-order valence-electron chi connectivity index (χ3n) is 5.03. The molecule has 0 bridgehead atoms. The van der Waals surface area contributed by atoms with Gasteiger partial charge >= 0.3 is 0 Å². The van der Waals surface area contributed by atoms with E-state index >= 15 is 0 Å². The van der Waals surface area contributed by atoms with E-state index in [9.17, 15) is 5.11 Å². The Kier molecular flexibility index (Phi) is 4.61. The lowest BCUT2D eigenvalue weighted by Crippen LogP contribution is -2.40. The van der Waals surface area contributed by atoms with Gasteiger partial charge in [-0.15, -0.1) is 10.2 Å². The van der Waals surface area contributed by atoms with Gasteiger partial charge in [0.15, 0.2) is 5.82 Å². The smallest absolute Gasteiger partial charge is 0.156 e. The molecule has 1 fully saturated rings. The van der Waals surface area contributed by atoms with Crippen LogP contribution < -0.4 is 5.32 Å². The van der Waals surface area contributed by atoms with Crippen LogP contribution in [0.5, 0.6) is 5.75 Å². The minimum atomic E-state index is 0.0307. The lowest BCUT2D eigenvalue weighted by Gasteiger charge is -2.30. The molecule has 0 aliphatic carbocycles. The Hall–Kier alpha value is -3.17. The van der Waals surface area contributed by atoms with Gasteiger partial charge < -0.3 is 15.3 Å². The van der Waals surface area contributed by atoms with Crippen molar-refractivity contribution in [2.75, 3.05) is 25.5 Å². The monoisotopic (exact) mass is 359 g/mol. The highest BCUT2D eigenvalue weighted by Crippen LogP contribution is 2.35. The maximum absolute atomic E-state index is 10.4. The zero-order valence-electron chi connectivity index (χ0n) is 15.2. The first-order valence-electron chi connectivity index (χ1n) is 9.09. The molecule has 1 aliphatic rings. The lowest BCUT2D eigenvalue weighted by atomic mass is 10.0. The molecular formula is C21H21N5O. The van der Waals surface area contributed by atoms with Crippen LogP contribution in [-0.4, -0.2) is 46.4 Å². The predicted molar refractivity (Wildman–Crippen MR) is 105 cm³/mol. The second kappa shape index (κ2) is 7.22. The van der Waals surface area contributed by atoms with Crippen LogP contribution in [-0.2, 0) is 0 Å². The van der Waals surface area contributed by atoms with E-state index in [1.807, 2.05) is 30.3 Å². The molecule has 0 unspecified atom stereocenters. The Morgan fingerprint density at radius 3 is 2.74 bits per heavy atom. The Labute approximate surface area is 158 Å². The second-order valence-corrected chi connectivity index (χ2v) is 7.03. The third kappa shape index (κ3) is 3.42. The number of likely N-dealkylation sites (N-methyl/N-ethyl adjacent to an activating group) is 1. The molecule has 4 rings (SSSR count). The molecule has 2 N–H and O–H groups in total. The van der Waals surface area contributed by atoms with E-state index in [1.54, 1.807) is 12.1 Å². The number of hydrogen-bond donors (Lipinski definition) is 2. The summed E-state index contributed by atoms with van der Waals surface area (Å²) >= 11 is 0. The van der Waals surface area contributed by atoms with Gasteiger partial charge in [0, 0.05) is 28.9 Å². The number of aromatic hydroxyl groups is 1. The number of phenols is 1. The molecule has 0 saturated carbocycles. The summed E-state index contributed by atoms with van der Waals surface area (Å²) in [6.07, 6.45) is 2.27. The van der Waals surface area contributed by atoms with Crippen molar-refractivity contribution in [3.8, 4) is 23.1 Å². The highest BCUT2D eigenvalue weighted by atomic mass is 16.3. The van der Waals surface area contributed by atoms with Gasteiger partial charge in [-0.2, -0.15) is 5.26 Å². The molecule has 6 nitrogen and oxygen atoms in total. The fourth-order valence-electron chi connectivity index (χ4n) is 3.69. The van der Waals surface area contributed by atoms with Crippen molar-refractivity contribution >= 4 is 16.6 Å². The van der Waals surface area contributed by atoms with E-state index in [0.717, 1.165) is 42.5 Å². The van der Waals surface area contributed by atoms with E-state index in [0.29, 0.717) is 22.9 Å². The fraction of sp³-hybridized carbons (Fsp3) is 0.286. The van der Waals surface area contributed by atoms with Crippen LogP contribution in [0.2, 0.25) is 0 Å². The molecule has 1 saturated heterocycles. The van der Waals surface area contributed by atoms with Gasteiger partial charge in [-0.05, 0) is 44.6 Å². The Morgan fingerprint density at radius 2 is 2.00 bits per heavy atom. The summed E-state index contributed by atoms with van der Waals surface area (Å²) in [5.74, 6) is 0.797. The number of nitrogens with zero attached hydrogens (tertiary/aromatic N) is 4. The summed E-state index contributed by atoms with van der Waals surface area (Å²) < 4.78 is 0. The number of fused-ring (bicyclic) bond motifs is 1. The van der Waals surface area contributed by atoms with E-state index in [1.165, 1.54) is 6.07 Å². The highest BCUT2D eigenvalue weighted by molar-refractivity contribution is 6.00. The molecular weight excluding hydrogens is 338 g/mol. The van der Waals surface area contributed by atoms with Crippen LogP contribution in [0.3, 0.4) is 0 Å². The van der Waals surface area contributed by atoms with Crippen molar-refractivity contribution in [3.63, 3.8) is 0 Å². The number of likely N-dealkylation sites (tertiary alicyclic amines) is 1. The molecule has 3 aromatic rings. The number of rotatable bonds is 3. The topological polar surface area (TPSA) is 85.1 Å². The molecule has 0 radical (unpaired) electrons. The Balaban J connectivity index is 1.76. The number of phenolic OH excluding ortho intramolecular Hbond substituents is 1. The van der Waals surface area contributed by atoms with Gasteiger partial charge in [0.05, 0.1) is 11.6 Å². The maximum atomic E-state index is 10.4. The number of aromatic nitrogens is 2.